The Morgan fingerprint density at radius 2 is 2.25 bits per heavy atom. The van der Waals surface area contributed by atoms with E-state index in [9.17, 15) is 14.4 Å². The molecule has 0 aromatic heterocycles. The molecular formula is C14H16O6. The molecule has 1 aliphatic heterocycles. The molecule has 0 saturated carbocycles. The highest BCUT2D eigenvalue weighted by Crippen LogP contribution is 2.19. The molecule has 20 heavy (non-hydrogen) atoms. The van der Waals surface area contributed by atoms with Crippen molar-refractivity contribution >= 4 is 17.7 Å². The van der Waals surface area contributed by atoms with Crippen molar-refractivity contribution in [1.29, 1.82) is 0 Å². The number of carbonyl (C=O) groups is 3. The van der Waals surface area contributed by atoms with Gasteiger partial charge in [0.1, 0.15) is 6.61 Å². The summed E-state index contributed by atoms with van der Waals surface area (Å²) in [6.45, 7) is 2.87. The van der Waals surface area contributed by atoms with Gasteiger partial charge in [0.2, 0.25) is 6.29 Å². The zero-order valence-corrected chi connectivity index (χ0v) is 11.4. The van der Waals surface area contributed by atoms with E-state index in [1.807, 2.05) is 0 Å². The van der Waals surface area contributed by atoms with Crippen molar-refractivity contribution in [3.63, 3.8) is 0 Å². The van der Waals surface area contributed by atoms with Gasteiger partial charge < -0.3 is 14.2 Å². The molecule has 0 aromatic carbocycles. The molecule has 0 aliphatic carbocycles. The van der Waals surface area contributed by atoms with Crippen LogP contribution in [0.5, 0.6) is 0 Å². The average Bonchev–Trinajstić information content (AvgIpc) is 2.37. The van der Waals surface area contributed by atoms with Crippen molar-refractivity contribution < 1.29 is 28.6 Å². The van der Waals surface area contributed by atoms with Crippen LogP contribution in [0.2, 0.25) is 0 Å². The number of hydrogen-bond acceptors (Lipinski definition) is 6. The standard InChI is InChI=1S/C14H16O6/c1-3-5-13(17)18-7-4-6-11-8-12(16)9-19-14(11)20-10(2)15/h8,14H,4,6-7,9H2,1-2H3. The van der Waals surface area contributed by atoms with E-state index in [1.54, 1.807) is 6.92 Å². The Morgan fingerprint density at radius 3 is 2.90 bits per heavy atom. The van der Waals surface area contributed by atoms with Gasteiger partial charge in [-0.05, 0) is 25.8 Å². The molecule has 0 saturated heterocycles. The summed E-state index contributed by atoms with van der Waals surface area (Å²) in [6, 6.07) is 0. The van der Waals surface area contributed by atoms with Crippen molar-refractivity contribution in [3.8, 4) is 11.8 Å². The first-order chi connectivity index (χ1) is 9.52. The summed E-state index contributed by atoms with van der Waals surface area (Å²) in [5.74, 6) is 3.43. The summed E-state index contributed by atoms with van der Waals surface area (Å²) in [4.78, 5) is 33.2. The predicted molar refractivity (Wildman–Crippen MR) is 68.2 cm³/mol. The van der Waals surface area contributed by atoms with Gasteiger partial charge in [-0.3, -0.25) is 9.59 Å². The van der Waals surface area contributed by atoms with Gasteiger partial charge in [0.05, 0.1) is 6.61 Å². The fourth-order valence-electron chi connectivity index (χ4n) is 1.61. The second kappa shape index (κ2) is 8.12. The van der Waals surface area contributed by atoms with E-state index in [-0.39, 0.29) is 19.0 Å². The lowest BCUT2D eigenvalue weighted by Crippen LogP contribution is -2.30. The van der Waals surface area contributed by atoms with E-state index >= 15 is 0 Å². The molecule has 0 fully saturated rings. The number of carbonyl (C=O) groups excluding carboxylic acids is 3. The first-order valence-corrected chi connectivity index (χ1v) is 6.14. The normalized spacial score (nSPS) is 17.6. The minimum atomic E-state index is -0.837. The third-order valence-electron chi connectivity index (χ3n) is 2.37. The van der Waals surface area contributed by atoms with E-state index in [0.29, 0.717) is 18.4 Å². The van der Waals surface area contributed by atoms with E-state index in [4.69, 9.17) is 14.2 Å². The molecule has 0 N–H and O–H groups in total. The van der Waals surface area contributed by atoms with Crippen LogP contribution >= 0.6 is 0 Å². The maximum Gasteiger partial charge on any atom is 0.384 e. The molecule has 0 bridgehead atoms. The van der Waals surface area contributed by atoms with E-state index < -0.39 is 18.2 Å². The highest BCUT2D eigenvalue weighted by Gasteiger charge is 2.24. The average molecular weight is 280 g/mol. The van der Waals surface area contributed by atoms with Gasteiger partial charge in [0, 0.05) is 18.4 Å². The van der Waals surface area contributed by atoms with Crippen LogP contribution in [0.1, 0.15) is 26.7 Å². The lowest BCUT2D eigenvalue weighted by atomic mass is 10.1. The Bertz CT molecular complexity index is 480. The maximum absolute atomic E-state index is 11.3. The Balaban J connectivity index is 2.45. The molecule has 0 radical (unpaired) electrons. The predicted octanol–water partition coefficient (Wildman–Crippen LogP) is 0.748. The molecule has 1 atom stereocenters. The highest BCUT2D eigenvalue weighted by molar-refractivity contribution is 5.92. The molecule has 1 aliphatic rings. The SMILES string of the molecule is CC#CC(=O)OCCCC1=CC(=O)COC1OC(C)=O. The van der Waals surface area contributed by atoms with E-state index in [2.05, 4.69) is 11.8 Å². The Labute approximate surface area is 117 Å². The van der Waals surface area contributed by atoms with E-state index in [0.717, 1.165) is 0 Å². The number of ether oxygens (including phenoxy) is 3. The van der Waals surface area contributed by atoms with Gasteiger partial charge in [-0.2, -0.15) is 0 Å². The monoisotopic (exact) mass is 280 g/mol. The van der Waals surface area contributed by atoms with Crippen molar-refractivity contribution in [1.82, 2.24) is 0 Å². The molecule has 108 valence electrons. The van der Waals surface area contributed by atoms with Crippen LogP contribution < -0.4 is 0 Å². The van der Waals surface area contributed by atoms with Crippen LogP contribution in [0.25, 0.3) is 0 Å². The Kier molecular flexibility index (Phi) is 6.47. The topological polar surface area (TPSA) is 78.9 Å². The van der Waals surface area contributed by atoms with E-state index in [1.165, 1.54) is 13.0 Å². The number of ketones is 1. The molecular weight excluding hydrogens is 264 g/mol. The fourth-order valence-corrected chi connectivity index (χ4v) is 1.61. The van der Waals surface area contributed by atoms with Gasteiger partial charge in [-0.15, -0.1) is 0 Å². The quantitative estimate of drug-likeness (QED) is 0.320. The molecule has 1 rings (SSSR count). The lowest BCUT2D eigenvalue weighted by molar-refractivity contribution is -0.172. The third kappa shape index (κ3) is 5.67. The lowest BCUT2D eigenvalue weighted by Gasteiger charge is -2.23. The van der Waals surface area contributed by atoms with Gasteiger partial charge in [-0.25, -0.2) is 4.79 Å². The van der Waals surface area contributed by atoms with Crippen molar-refractivity contribution in [2.75, 3.05) is 13.2 Å². The van der Waals surface area contributed by atoms with Gasteiger partial charge in [0.25, 0.3) is 0 Å². The zero-order valence-electron chi connectivity index (χ0n) is 11.4. The highest BCUT2D eigenvalue weighted by atomic mass is 16.7. The van der Waals surface area contributed by atoms with Gasteiger partial charge in [0.15, 0.2) is 5.78 Å². The van der Waals surface area contributed by atoms with Crippen molar-refractivity contribution in [3.05, 3.63) is 11.6 Å². The molecule has 1 heterocycles. The fraction of sp³-hybridized carbons (Fsp3) is 0.500. The van der Waals surface area contributed by atoms with Crippen LogP contribution in [-0.2, 0) is 28.6 Å². The largest absolute Gasteiger partial charge is 0.456 e. The van der Waals surface area contributed by atoms with Gasteiger partial charge in [-0.1, -0.05) is 5.92 Å². The van der Waals surface area contributed by atoms with Crippen LogP contribution in [0, 0.1) is 11.8 Å². The summed E-state index contributed by atoms with van der Waals surface area (Å²) >= 11 is 0. The third-order valence-corrected chi connectivity index (χ3v) is 2.37. The van der Waals surface area contributed by atoms with Crippen LogP contribution in [0.4, 0.5) is 0 Å². The van der Waals surface area contributed by atoms with Crippen LogP contribution in [0.15, 0.2) is 11.6 Å². The summed E-state index contributed by atoms with van der Waals surface area (Å²) in [5, 5.41) is 0. The molecule has 0 amide bonds. The first kappa shape index (κ1) is 15.9. The molecule has 6 nitrogen and oxygen atoms in total. The molecule has 0 spiro atoms. The van der Waals surface area contributed by atoms with Crippen LogP contribution in [-0.4, -0.2) is 37.2 Å². The van der Waals surface area contributed by atoms with Crippen molar-refractivity contribution in [2.45, 2.75) is 33.0 Å². The number of esters is 2. The summed E-state index contributed by atoms with van der Waals surface area (Å²) in [7, 11) is 0. The van der Waals surface area contributed by atoms with Crippen LogP contribution in [0.3, 0.4) is 0 Å². The Morgan fingerprint density at radius 1 is 1.50 bits per heavy atom. The van der Waals surface area contributed by atoms with Gasteiger partial charge >= 0.3 is 11.9 Å². The number of hydrogen-bond donors (Lipinski definition) is 0. The minimum absolute atomic E-state index is 0.109. The number of rotatable bonds is 5. The molecule has 6 heteroatoms. The smallest absolute Gasteiger partial charge is 0.384 e. The maximum atomic E-state index is 11.3. The molecule has 0 aromatic rings. The summed E-state index contributed by atoms with van der Waals surface area (Å²) in [5.41, 5.74) is 0.564. The Hall–Kier alpha value is -2.13. The second-order valence-electron chi connectivity index (χ2n) is 4.05. The minimum Gasteiger partial charge on any atom is -0.456 e. The van der Waals surface area contributed by atoms with Crippen molar-refractivity contribution in [2.24, 2.45) is 0 Å². The summed E-state index contributed by atoms with van der Waals surface area (Å²) < 4.78 is 14.9. The molecule has 1 unspecified atom stereocenters. The second-order valence-corrected chi connectivity index (χ2v) is 4.05. The summed E-state index contributed by atoms with van der Waals surface area (Å²) in [6.07, 6.45) is 1.48. The first-order valence-electron chi connectivity index (χ1n) is 6.14. The zero-order chi connectivity index (χ0) is 15.0.